The van der Waals surface area contributed by atoms with Crippen molar-refractivity contribution in [3.05, 3.63) is 46.0 Å². The summed E-state index contributed by atoms with van der Waals surface area (Å²) in [7, 11) is 0. The molecule has 0 saturated carbocycles. The number of carbonyl (C=O) groups excluding carboxylic acids is 1. The summed E-state index contributed by atoms with van der Waals surface area (Å²) in [6.07, 6.45) is 3.25. The lowest BCUT2D eigenvalue weighted by Gasteiger charge is -2.08. The van der Waals surface area contributed by atoms with Gasteiger partial charge in [-0.15, -0.1) is 0 Å². The first kappa shape index (κ1) is 13.9. The molecule has 6 heteroatoms. The average molecular weight is 298 g/mol. The van der Waals surface area contributed by atoms with Crippen molar-refractivity contribution in [2.24, 2.45) is 0 Å². The number of amides is 1. The molecule has 0 atom stereocenters. The summed E-state index contributed by atoms with van der Waals surface area (Å²) in [6, 6.07) is 3.41. The number of hydrogen-bond donors (Lipinski definition) is 1. The molecule has 0 unspecified atom stereocenters. The Morgan fingerprint density at radius 2 is 2.16 bits per heavy atom. The van der Waals surface area contributed by atoms with Gasteiger partial charge in [-0.2, -0.15) is 0 Å². The standard InChI is InChI=1S/C13H13Cl2N3O/c1-3-18-7-9(14)5-11(18)13(19)17-10-4-8(2)12(15)16-6-10/h4-7H,3H2,1-2H3,(H,17,19). The monoisotopic (exact) mass is 297 g/mol. The first-order chi connectivity index (χ1) is 9.01. The van der Waals surface area contributed by atoms with Gasteiger partial charge < -0.3 is 9.88 Å². The highest BCUT2D eigenvalue weighted by Crippen LogP contribution is 2.18. The number of aryl methyl sites for hydroxylation is 2. The molecule has 0 aliphatic carbocycles. The van der Waals surface area contributed by atoms with Gasteiger partial charge in [0.2, 0.25) is 0 Å². The summed E-state index contributed by atoms with van der Waals surface area (Å²) in [4.78, 5) is 16.1. The molecule has 2 aromatic rings. The van der Waals surface area contributed by atoms with Gasteiger partial charge in [0.15, 0.2) is 0 Å². The van der Waals surface area contributed by atoms with Gasteiger partial charge in [-0.05, 0) is 31.5 Å². The van der Waals surface area contributed by atoms with E-state index in [1.54, 1.807) is 22.9 Å². The lowest BCUT2D eigenvalue weighted by molar-refractivity contribution is 0.101. The first-order valence-corrected chi connectivity index (χ1v) is 6.56. The smallest absolute Gasteiger partial charge is 0.272 e. The highest BCUT2D eigenvalue weighted by molar-refractivity contribution is 6.31. The van der Waals surface area contributed by atoms with Crippen molar-refractivity contribution < 1.29 is 4.79 Å². The number of nitrogens with one attached hydrogen (secondary N) is 1. The van der Waals surface area contributed by atoms with E-state index in [1.165, 1.54) is 6.20 Å². The molecule has 0 aromatic carbocycles. The van der Waals surface area contributed by atoms with Gasteiger partial charge in [0.25, 0.3) is 5.91 Å². The lowest BCUT2D eigenvalue weighted by Crippen LogP contribution is -2.16. The SMILES string of the molecule is CCn1cc(Cl)cc1C(=O)Nc1cnc(Cl)c(C)c1. The summed E-state index contributed by atoms with van der Waals surface area (Å²) in [5.74, 6) is -0.225. The van der Waals surface area contributed by atoms with E-state index in [0.29, 0.717) is 28.1 Å². The molecule has 0 aliphatic heterocycles. The predicted molar refractivity (Wildman–Crippen MR) is 77.1 cm³/mol. The maximum Gasteiger partial charge on any atom is 0.272 e. The van der Waals surface area contributed by atoms with Gasteiger partial charge in [0.1, 0.15) is 10.8 Å². The van der Waals surface area contributed by atoms with E-state index < -0.39 is 0 Å². The van der Waals surface area contributed by atoms with Crippen molar-refractivity contribution in [1.29, 1.82) is 0 Å². The molecule has 0 bridgehead atoms. The van der Waals surface area contributed by atoms with E-state index in [2.05, 4.69) is 10.3 Å². The number of rotatable bonds is 3. The van der Waals surface area contributed by atoms with Crippen molar-refractivity contribution in [3.8, 4) is 0 Å². The molecule has 0 saturated heterocycles. The number of halogens is 2. The number of carbonyl (C=O) groups is 1. The summed E-state index contributed by atoms with van der Waals surface area (Å²) in [5, 5.41) is 3.74. The zero-order valence-electron chi connectivity index (χ0n) is 10.6. The van der Waals surface area contributed by atoms with Crippen LogP contribution in [0.2, 0.25) is 10.2 Å². The second-order valence-electron chi connectivity index (χ2n) is 4.12. The van der Waals surface area contributed by atoms with Crippen molar-refractivity contribution in [1.82, 2.24) is 9.55 Å². The lowest BCUT2D eigenvalue weighted by atomic mass is 10.3. The summed E-state index contributed by atoms with van der Waals surface area (Å²) in [6.45, 7) is 4.45. The van der Waals surface area contributed by atoms with Crippen LogP contribution >= 0.6 is 23.2 Å². The summed E-state index contributed by atoms with van der Waals surface area (Å²) < 4.78 is 1.79. The van der Waals surface area contributed by atoms with Crippen molar-refractivity contribution in [2.75, 3.05) is 5.32 Å². The van der Waals surface area contributed by atoms with Crippen LogP contribution in [0.3, 0.4) is 0 Å². The minimum atomic E-state index is -0.225. The van der Waals surface area contributed by atoms with Crippen molar-refractivity contribution in [2.45, 2.75) is 20.4 Å². The molecule has 2 rings (SSSR count). The molecule has 0 spiro atoms. The number of pyridine rings is 1. The third-order valence-corrected chi connectivity index (χ3v) is 3.31. The van der Waals surface area contributed by atoms with Crippen LogP contribution in [0.5, 0.6) is 0 Å². The van der Waals surface area contributed by atoms with Crippen molar-refractivity contribution >= 4 is 34.8 Å². The van der Waals surface area contributed by atoms with Crippen LogP contribution in [0, 0.1) is 6.92 Å². The highest BCUT2D eigenvalue weighted by Gasteiger charge is 2.13. The molecule has 100 valence electrons. The normalized spacial score (nSPS) is 10.5. The van der Waals surface area contributed by atoms with E-state index in [9.17, 15) is 4.79 Å². The fraction of sp³-hybridized carbons (Fsp3) is 0.231. The zero-order chi connectivity index (χ0) is 14.0. The molecule has 0 fully saturated rings. The van der Waals surface area contributed by atoms with E-state index in [0.717, 1.165) is 5.56 Å². The molecule has 0 radical (unpaired) electrons. The summed E-state index contributed by atoms with van der Waals surface area (Å²) in [5.41, 5.74) is 1.93. The van der Waals surface area contributed by atoms with Crippen LogP contribution in [0.1, 0.15) is 23.0 Å². The Morgan fingerprint density at radius 3 is 2.79 bits per heavy atom. The first-order valence-electron chi connectivity index (χ1n) is 5.80. The third-order valence-electron chi connectivity index (χ3n) is 2.71. The zero-order valence-corrected chi connectivity index (χ0v) is 12.1. The molecule has 1 N–H and O–H groups in total. The molecule has 0 aliphatic rings. The van der Waals surface area contributed by atoms with Gasteiger partial charge >= 0.3 is 0 Å². The fourth-order valence-electron chi connectivity index (χ4n) is 1.75. The fourth-order valence-corrected chi connectivity index (χ4v) is 2.07. The van der Waals surface area contributed by atoms with E-state index in [-0.39, 0.29) is 5.91 Å². The number of anilines is 1. The Balaban J connectivity index is 2.22. The predicted octanol–water partition coefficient (Wildman–Crippen LogP) is 3.77. The van der Waals surface area contributed by atoms with Crippen LogP contribution in [-0.4, -0.2) is 15.5 Å². The number of nitrogens with zero attached hydrogens (tertiary/aromatic N) is 2. The number of hydrogen-bond acceptors (Lipinski definition) is 2. The van der Waals surface area contributed by atoms with Crippen LogP contribution in [0.4, 0.5) is 5.69 Å². The second kappa shape index (κ2) is 5.63. The van der Waals surface area contributed by atoms with E-state index in [4.69, 9.17) is 23.2 Å². The third kappa shape index (κ3) is 3.08. The Morgan fingerprint density at radius 1 is 1.42 bits per heavy atom. The van der Waals surface area contributed by atoms with Gasteiger partial charge in [-0.25, -0.2) is 4.98 Å². The summed E-state index contributed by atoms with van der Waals surface area (Å²) >= 11 is 11.7. The molecule has 19 heavy (non-hydrogen) atoms. The Hall–Kier alpha value is -1.52. The quantitative estimate of drug-likeness (QED) is 0.877. The molecule has 1 amide bonds. The van der Waals surface area contributed by atoms with E-state index in [1.807, 2.05) is 13.8 Å². The van der Waals surface area contributed by atoms with Gasteiger partial charge in [-0.3, -0.25) is 4.79 Å². The average Bonchev–Trinajstić information content (AvgIpc) is 2.75. The highest BCUT2D eigenvalue weighted by atomic mass is 35.5. The van der Waals surface area contributed by atoms with Gasteiger partial charge in [0, 0.05) is 12.7 Å². The van der Waals surface area contributed by atoms with Crippen molar-refractivity contribution in [3.63, 3.8) is 0 Å². The minimum Gasteiger partial charge on any atom is -0.342 e. The Kier molecular flexibility index (Phi) is 4.12. The van der Waals surface area contributed by atoms with Crippen LogP contribution in [0.15, 0.2) is 24.5 Å². The molecule has 2 heterocycles. The van der Waals surface area contributed by atoms with Crippen LogP contribution in [-0.2, 0) is 6.54 Å². The van der Waals surface area contributed by atoms with Crippen LogP contribution in [0.25, 0.3) is 0 Å². The molecular weight excluding hydrogens is 285 g/mol. The van der Waals surface area contributed by atoms with Crippen LogP contribution < -0.4 is 5.32 Å². The topological polar surface area (TPSA) is 46.9 Å². The largest absolute Gasteiger partial charge is 0.342 e. The number of aromatic nitrogens is 2. The van der Waals surface area contributed by atoms with Gasteiger partial charge in [0.05, 0.1) is 16.9 Å². The van der Waals surface area contributed by atoms with E-state index >= 15 is 0 Å². The Labute approximate surface area is 121 Å². The Bertz CT molecular complexity index is 622. The second-order valence-corrected chi connectivity index (χ2v) is 4.91. The van der Waals surface area contributed by atoms with Gasteiger partial charge in [-0.1, -0.05) is 23.2 Å². The molecule has 4 nitrogen and oxygen atoms in total. The maximum atomic E-state index is 12.2. The molecule has 2 aromatic heterocycles. The molecular formula is C13H13Cl2N3O. The maximum absolute atomic E-state index is 12.2. The minimum absolute atomic E-state index is 0.225.